The van der Waals surface area contributed by atoms with Crippen LogP contribution in [0.1, 0.15) is 48.2 Å². The van der Waals surface area contributed by atoms with Crippen LogP contribution < -0.4 is 5.32 Å². The molecule has 1 aromatic carbocycles. The van der Waals surface area contributed by atoms with Crippen LogP contribution >= 0.6 is 22.9 Å². The molecule has 1 N–H and O–H groups in total. The minimum Gasteiger partial charge on any atom is -0.383 e. The molecule has 1 aliphatic carbocycles. The maximum Gasteiger partial charge on any atom is 0.253 e. The third kappa shape index (κ3) is 5.57. The first-order chi connectivity index (χ1) is 16.1. The normalized spacial score (nSPS) is 13.7. The Morgan fingerprint density at radius 3 is 2.91 bits per heavy atom. The Morgan fingerprint density at radius 2 is 2.15 bits per heavy atom. The van der Waals surface area contributed by atoms with Crippen molar-refractivity contribution in [1.29, 1.82) is 0 Å². The van der Waals surface area contributed by atoms with E-state index in [1.807, 2.05) is 37.3 Å². The number of nitrogens with one attached hydrogen (secondary N) is 1. The van der Waals surface area contributed by atoms with E-state index in [1.54, 1.807) is 18.4 Å². The van der Waals surface area contributed by atoms with Crippen LogP contribution in [0.4, 0.5) is 0 Å². The van der Waals surface area contributed by atoms with Crippen molar-refractivity contribution < 1.29 is 9.53 Å². The van der Waals surface area contributed by atoms with Crippen LogP contribution in [0.2, 0.25) is 5.02 Å². The number of ether oxygens (including phenoxy) is 1. The fourth-order valence-corrected chi connectivity index (χ4v) is 5.41. The van der Waals surface area contributed by atoms with Gasteiger partial charge >= 0.3 is 0 Å². The molecular formula is C26H30ClN3O2S. The fourth-order valence-electron chi connectivity index (χ4n) is 4.27. The highest BCUT2D eigenvalue weighted by Crippen LogP contribution is 2.35. The monoisotopic (exact) mass is 483 g/mol. The van der Waals surface area contributed by atoms with E-state index in [-0.39, 0.29) is 5.91 Å². The smallest absolute Gasteiger partial charge is 0.253 e. The standard InChI is InChI=1S/C26H30ClN3O2S/c1-18-21(25(31)28-13-15-32-2)16-24(30(18)14-12-19-8-4-3-5-9-19)23-17-33-26(29-23)20-10-6-7-11-22(20)27/h6-8,10-11,16-17H,3-5,9,12-15H2,1-2H3,(H,28,31). The number of hydrogen-bond acceptors (Lipinski definition) is 4. The quantitative estimate of drug-likeness (QED) is 0.279. The molecule has 0 spiro atoms. The Morgan fingerprint density at radius 1 is 1.30 bits per heavy atom. The van der Waals surface area contributed by atoms with Crippen molar-refractivity contribution in [1.82, 2.24) is 14.9 Å². The molecule has 5 nitrogen and oxygen atoms in total. The molecule has 0 aliphatic heterocycles. The number of rotatable bonds is 9. The number of amides is 1. The lowest BCUT2D eigenvalue weighted by Crippen LogP contribution is -2.27. The Labute approximate surface area is 204 Å². The second-order valence-corrected chi connectivity index (χ2v) is 9.57. The third-order valence-corrected chi connectivity index (χ3v) is 7.32. The van der Waals surface area contributed by atoms with Crippen LogP contribution in [0.15, 0.2) is 47.4 Å². The molecule has 0 atom stereocenters. The molecule has 0 saturated carbocycles. The Kier molecular flexibility index (Phi) is 8.02. The Hall–Kier alpha value is -2.41. The summed E-state index contributed by atoms with van der Waals surface area (Å²) in [4.78, 5) is 17.8. The predicted molar refractivity (Wildman–Crippen MR) is 136 cm³/mol. The topological polar surface area (TPSA) is 56.1 Å². The van der Waals surface area contributed by atoms with Gasteiger partial charge in [0, 0.05) is 36.8 Å². The third-order valence-electron chi connectivity index (χ3n) is 6.12. The number of methoxy groups -OCH3 is 1. The van der Waals surface area contributed by atoms with E-state index in [2.05, 4.69) is 21.3 Å². The fraction of sp³-hybridized carbons (Fsp3) is 0.385. The minimum atomic E-state index is -0.0806. The van der Waals surface area contributed by atoms with E-state index in [0.29, 0.717) is 23.7 Å². The average Bonchev–Trinajstić information content (AvgIpc) is 3.43. The number of aromatic nitrogens is 2. The number of nitrogens with zero attached hydrogens (tertiary/aromatic N) is 2. The van der Waals surface area contributed by atoms with E-state index < -0.39 is 0 Å². The second-order valence-electron chi connectivity index (χ2n) is 8.30. The van der Waals surface area contributed by atoms with E-state index in [0.717, 1.165) is 40.6 Å². The van der Waals surface area contributed by atoms with Crippen LogP contribution in [0.25, 0.3) is 22.0 Å². The molecule has 0 unspecified atom stereocenters. The number of hydrogen-bond donors (Lipinski definition) is 1. The summed E-state index contributed by atoms with van der Waals surface area (Å²) in [5, 5.41) is 6.57. The van der Waals surface area contributed by atoms with Gasteiger partial charge in [-0.15, -0.1) is 11.3 Å². The highest BCUT2D eigenvalue weighted by atomic mass is 35.5. The molecule has 3 aromatic rings. The van der Waals surface area contributed by atoms with Gasteiger partial charge in [0.25, 0.3) is 5.91 Å². The number of thiazole rings is 1. The summed E-state index contributed by atoms with van der Waals surface area (Å²) < 4.78 is 7.31. The molecule has 174 valence electrons. The highest BCUT2D eigenvalue weighted by Gasteiger charge is 2.21. The molecule has 0 radical (unpaired) electrons. The summed E-state index contributed by atoms with van der Waals surface area (Å²) in [6.07, 6.45) is 8.28. The molecule has 0 fully saturated rings. The summed E-state index contributed by atoms with van der Waals surface area (Å²) in [5.74, 6) is -0.0806. The zero-order valence-corrected chi connectivity index (χ0v) is 20.8. The van der Waals surface area contributed by atoms with Gasteiger partial charge in [-0.05, 0) is 51.2 Å². The lowest BCUT2D eigenvalue weighted by molar-refractivity contribution is 0.0936. The highest BCUT2D eigenvalue weighted by molar-refractivity contribution is 7.13. The summed E-state index contributed by atoms with van der Waals surface area (Å²) >= 11 is 7.97. The van der Waals surface area contributed by atoms with Gasteiger partial charge in [0.05, 0.1) is 28.6 Å². The van der Waals surface area contributed by atoms with Gasteiger partial charge in [-0.1, -0.05) is 41.4 Å². The lowest BCUT2D eigenvalue weighted by atomic mass is 9.97. The zero-order valence-electron chi connectivity index (χ0n) is 19.2. The SMILES string of the molecule is COCCNC(=O)c1cc(-c2csc(-c3ccccc3Cl)n2)n(CCC2=CCCCC2)c1C. The first-order valence-corrected chi connectivity index (χ1v) is 12.7. The van der Waals surface area contributed by atoms with Crippen LogP contribution in [0.3, 0.4) is 0 Å². The zero-order chi connectivity index (χ0) is 23.2. The van der Waals surface area contributed by atoms with Gasteiger partial charge in [-0.2, -0.15) is 0 Å². The van der Waals surface area contributed by atoms with Crippen LogP contribution in [0, 0.1) is 6.92 Å². The maximum atomic E-state index is 12.9. The predicted octanol–water partition coefficient (Wildman–Crippen LogP) is 6.51. The van der Waals surface area contributed by atoms with Crippen LogP contribution in [-0.4, -0.2) is 35.7 Å². The number of carbonyl (C=O) groups is 1. The molecule has 0 bridgehead atoms. The average molecular weight is 484 g/mol. The van der Waals surface area contributed by atoms with Crippen molar-refractivity contribution in [2.75, 3.05) is 20.3 Å². The van der Waals surface area contributed by atoms with Crippen molar-refractivity contribution >= 4 is 28.8 Å². The number of halogens is 1. The molecule has 4 rings (SSSR count). The number of carbonyl (C=O) groups excluding carboxylic acids is 1. The second kappa shape index (κ2) is 11.1. The maximum absolute atomic E-state index is 12.9. The van der Waals surface area contributed by atoms with Crippen molar-refractivity contribution in [3.63, 3.8) is 0 Å². The first kappa shape index (κ1) is 23.7. The van der Waals surface area contributed by atoms with E-state index in [9.17, 15) is 4.79 Å². The summed E-state index contributed by atoms with van der Waals surface area (Å²) in [7, 11) is 1.63. The molecule has 1 aliphatic rings. The summed E-state index contributed by atoms with van der Waals surface area (Å²) in [5.41, 5.74) is 5.92. The van der Waals surface area contributed by atoms with Gasteiger partial charge < -0.3 is 14.6 Å². The Balaban J connectivity index is 1.66. The van der Waals surface area contributed by atoms with E-state index >= 15 is 0 Å². The molecular weight excluding hydrogens is 454 g/mol. The summed E-state index contributed by atoms with van der Waals surface area (Å²) in [6.45, 7) is 3.82. The van der Waals surface area contributed by atoms with Crippen molar-refractivity contribution in [2.45, 2.75) is 45.6 Å². The molecule has 2 aromatic heterocycles. The molecule has 33 heavy (non-hydrogen) atoms. The first-order valence-electron chi connectivity index (χ1n) is 11.4. The van der Waals surface area contributed by atoms with Crippen molar-refractivity contribution in [3.05, 3.63) is 63.6 Å². The van der Waals surface area contributed by atoms with Crippen molar-refractivity contribution in [3.8, 4) is 22.0 Å². The van der Waals surface area contributed by atoms with Gasteiger partial charge in [-0.3, -0.25) is 4.79 Å². The summed E-state index contributed by atoms with van der Waals surface area (Å²) in [6, 6.07) is 9.72. The molecule has 2 heterocycles. The number of benzene rings is 1. The van der Waals surface area contributed by atoms with Crippen LogP contribution in [-0.2, 0) is 11.3 Å². The van der Waals surface area contributed by atoms with Gasteiger partial charge in [0.2, 0.25) is 0 Å². The number of allylic oxidation sites excluding steroid dienone is 2. The molecule has 7 heteroatoms. The molecule has 0 saturated heterocycles. The van der Waals surface area contributed by atoms with Crippen molar-refractivity contribution in [2.24, 2.45) is 0 Å². The Bertz CT molecular complexity index is 1150. The van der Waals surface area contributed by atoms with E-state index in [4.69, 9.17) is 21.3 Å². The lowest BCUT2D eigenvalue weighted by Gasteiger charge is -2.15. The largest absolute Gasteiger partial charge is 0.383 e. The minimum absolute atomic E-state index is 0.0806. The molecule has 1 amide bonds. The van der Waals surface area contributed by atoms with Gasteiger partial charge in [-0.25, -0.2) is 4.98 Å². The van der Waals surface area contributed by atoms with Gasteiger partial charge in [0.1, 0.15) is 5.01 Å². The van der Waals surface area contributed by atoms with Crippen LogP contribution in [0.5, 0.6) is 0 Å². The van der Waals surface area contributed by atoms with E-state index in [1.165, 1.54) is 31.3 Å². The van der Waals surface area contributed by atoms with Gasteiger partial charge in [0.15, 0.2) is 0 Å².